The summed E-state index contributed by atoms with van der Waals surface area (Å²) in [4.78, 5) is 40.8. The number of carboxylic acids is 1. The molecule has 1 aliphatic rings. The molecule has 0 saturated carbocycles. The predicted molar refractivity (Wildman–Crippen MR) is 164 cm³/mol. The molecule has 4 aromatic carbocycles. The molecule has 46 heavy (non-hydrogen) atoms. The number of amides is 1. The largest absolute Gasteiger partial charge is 0.478 e. The fourth-order valence-electron chi connectivity index (χ4n) is 5.76. The standard InChI is InChI=1S/C34H25ClF2N4O5/c35-26-8-3-9-28(31(26)37)41-17-27(38-39-41)33(44)40-15-14-23-22(24-6-1-4-21(18-42)30(24)36)5-2-7-25(23)32(40)29(43)16-19-10-12-20(13-11-19)34(45)46/h1-13,17,32,42H,14-16,18H2,(H,45,46). The van der Waals surface area contributed by atoms with Crippen LogP contribution in [0.5, 0.6) is 0 Å². The van der Waals surface area contributed by atoms with Crippen LogP contribution in [0.1, 0.15) is 49.1 Å². The van der Waals surface area contributed by atoms with E-state index in [2.05, 4.69) is 10.3 Å². The summed E-state index contributed by atoms with van der Waals surface area (Å²) in [5.41, 5.74) is 2.52. The van der Waals surface area contributed by atoms with Gasteiger partial charge in [0.2, 0.25) is 0 Å². The molecule has 6 rings (SSSR count). The highest BCUT2D eigenvalue weighted by Crippen LogP contribution is 2.39. The zero-order chi connectivity index (χ0) is 32.5. The zero-order valence-electron chi connectivity index (χ0n) is 24.0. The maximum absolute atomic E-state index is 15.4. The van der Waals surface area contributed by atoms with Crippen LogP contribution >= 0.6 is 11.6 Å². The number of hydrogen-bond acceptors (Lipinski definition) is 6. The Kier molecular flexibility index (Phi) is 8.44. The van der Waals surface area contributed by atoms with E-state index in [-0.39, 0.29) is 58.3 Å². The number of aliphatic hydroxyl groups excluding tert-OH is 1. The van der Waals surface area contributed by atoms with Crippen molar-refractivity contribution in [3.8, 4) is 16.8 Å². The number of carbonyl (C=O) groups excluding carboxylic acids is 2. The molecule has 0 fully saturated rings. The molecule has 0 spiro atoms. The van der Waals surface area contributed by atoms with Crippen LogP contribution < -0.4 is 0 Å². The van der Waals surface area contributed by atoms with Crippen LogP contribution in [0.2, 0.25) is 5.02 Å². The number of halogens is 3. The van der Waals surface area contributed by atoms with Gasteiger partial charge in [-0.3, -0.25) is 9.59 Å². The highest BCUT2D eigenvalue weighted by Gasteiger charge is 2.38. The lowest BCUT2D eigenvalue weighted by molar-refractivity contribution is -0.123. The Morgan fingerprint density at radius 3 is 2.37 bits per heavy atom. The maximum atomic E-state index is 15.4. The molecule has 5 aromatic rings. The number of aromatic carboxylic acids is 1. The van der Waals surface area contributed by atoms with Gasteiger partial charge in [0.25, 0.3) is 5.91 Å². The van der Waals surface area contributed by atoms with Gasteiger partial charge in [0.1, 0.15) is 17.5 Å². The van der Waals surface area contributed by atoms with Gasteiger partial charge in [0, 0.05) is 24.1 Å². The predicted octanol–water partition coefficient (Wildman–Crippen LogP) is 5.61. The number of rotatable bonds is 8. The molecule has 0 radical (unpaired) electrons. The van der Waals surface area contributed by atoms with Gasteiger partial charge in [-0.05, 0) is 52.9 Å². The molecule has 0 aliphatic carbocycles. The van der Waals surface area contributed by atoms with Crippen molar-refractivity contribution in [1.82, 2.24) is 19.9 Å². The Hall–Kier alpha value is -5.26. The first-order valence-electron chi connectivity index (χ1n) is 14.2. The van der Waals surface area contributed by atoms with Crippen molar-refractivity contribution in [3.05, 3.63) is 135 Å². The molecule has 1 unspecified atom stereocenters. The Balaban J connectivity index is 1.41. The van der Waals surface area contributed by atoms with Gasteiger partial charge in [-0.15, -0.1) is 5.10 Å². The quantitative estimate of drug-likeness (QED) is 0.225. The Morgan fingerprint density at radius 2 is 1.63 bits per heavy atom. The minimum Gasteiger partial charge on any atom is -0.478 e. The van der Waals surface area contributed by atoms with Gasteiger partial charge in [-0.2, -0.15) is 0 Å². The van der Waals surface area contributed by atoms with Crippen molar-refractivity contribution < 1.29 is 33.4 Å². The lowest BCUT2D eigenvalue weighted by Gasteiger charge is -2.37. The van der Waals surface area contributed by atoms with Gasteiger partial charge < -0.3 is 15.1 Å². The second-order valence-corrected chi connectivity index (χ2v) is 11.1. The van der Waals surface area contributed by atoms with Crippen LogP contribution in [0.4, 0.5) is 8.78 Å². The number of nitrogens with zero attached hydrogens (tertiary/aromatic N) is 4. The topological polar surface area (TPSA) is 126 Å². The molecule has 0 bridgehead atoms. The molecular formula is C34H25ClF2N4O5. The lowest BCUT2D eigenvalue weighted by atomic mass is 9.83. The summed E-state index contributed by atoms with van der Waals surface area (Å²) < 4.78 is 31.2. The molecule has 2 heterocycles. The smallest absolute Gasteiger partial charge is 0.335 e. The average Bonchev–Trinajstić information content (AvgIpc) is 3.55. The van der Waals surface area contributed by atoms with E-state index in [1.54, 1.807) is 30.3 Å². The third kappa shape index (κ3) is 5.66. The SMILES string of the molecule is O=C(O)c1ccc(CC(=O)C2c3cccc(-c4cccc(CO)c4F)c3CCN2C(=O)c2cn(-c3cccc(Cl)c3F)nn2)cc1. The first-order chi connectivity index (χ1) is 22.2. The van der Waals surface area contributed by atoms with Crippen molar-refractivity contribution in [2.24, 2.45) is 0 Å². The van der Waals surface area contributed by atoms with Crippen molar-refractivity contribution >= 4 is 29.3 Å². The minimum absolute atomic E-state index is 0.0164. The monoisotopic (exact) mass is 642 g/mol. The summed E-state index contributed by atoms with van der Waals surface area (Å²) in [7, 11) is 0. The molecule has 12 heteroatoms. The second kappa shape index (κ2) is 12.6. The summed E-state index contributed by atoms with van der Waals surface area (Å²) in [6.07, 6.45) is 1.39. The van der Waals surface area contributed by atoms with Crippen molar-refractivity contribution in [1.29, 1.82) is 0 Å². The first kappa shape index (κ1) is 30.8. The number of aromatic nitrogens is 3. The normalized spacial score (nSPS) is 14.2. The van der Waals surface area contributed by atoms with Gasteiger partial charge in [-0.1, -0.05) is 71.4 Å². The number of Topliss-reactive ketones (excluding diaryl/α,β-unsaturated/α-hetero) is 1. The van der Waals surface area contributed by atoms with Gasteiger partial charge >= 0.3 is 5.97 Å². The number of aliphatic hydroxyl groups is 1. The fourth-order valence-corrected chi connectivity index (χ4v) is 5.93. The van der Waals surface area contributed by atoms with E-state index in [9.17, 15) is 29.0 Å². The molecule has 1 atom stereocenters. The minimum atomic E-state index is -1.12. The molecule has 2 N–H and O–H groups in total. The van der Waals surface area contributed by atoms with E-state index in [1.165, 1.54) is 59.6 Å². The number of carboxylic acid groups (broad SMARTS) is 1. The lowest BCUT2D eigenvalue weighted by Crippen LogP contribution is -2.44. The third-order valence-electron chi connectivity index (χ3n) is 8.00. The van der Waals surface area contributed by atoms with E-state index in [1.807, 2.05) is 0 Å². The van der Waals surface area contributed by atoms with Gasteiger partial charge in [0.15, 0.2) is 17.3 Å². The number of carbonyl (C=O) groups is 3. The molecule has 1 amide bonds. The summed E-state index contributed by atoms with van der Waals surface area (Å²) in [5, 5.41) is 26.6. The third-order valence-corrected chi connectivity index (χ3v) is 8.29. The van der Waals surface area contributed by atoms with E-state index >= 15 is 4.39 Å². The zero-order valence-corrected chi connectivity index (χ0v) is 24.8. The van der Waals surface area contributed by atoms with E-state index in [0.717, 1.165) is 4.68 Å². The number of hydrogen-bond donors (Lipinski definition) is 2. The maximum Gasteiger partial charge on any atom is 0.335 e. The first-order valence-corrected chi connectivity index (χ1v) is 14.6. The van der Waals surface area contributed by atoms with Gasteiger partial charge in [0.05, 0.1) is 23.4 Å². The summed E-state index contributed by atoms with van der Waals surface area (Å²) in [5.74, 6) is -3.42. The number of benzene rings is 4. The number of fused-ring (bicyclic) bond motifs is 1. The Bertz CT molecular complexity index is 2000. The second-order valence-electron chi connectivity index (χ2n) is 10.7. The van der Waals surface area contributed by atoms with Crippen LogP contribution in [0.15, 0.2) is 85.1 Å². The summed E-state index contributed by atoms with van der Waals surface area (Å²) >= 11 is 5.92. The van der Waals surface area contributed by atoms with Crippen LogP contribution in [0.3, 0.4) is 0 Å². The highest BCUT2D eigenvalue weighted by atomic mass is 35.5. The molecule has 232 valence electrons. The van der Waals surface area contributed by atoms with E-state index < -0.39 is 36.2 Å². The average molecular weight is 643 g/mol. The molecule has 1 aromatic heterocycles. The van der Waals surface area contributed by atoms with Gasteiger partial charge in [-0.25, -0.2) is 18.3 Å². The van der Waals surface area contributed by atoms with Crippen molar-refractivity contribution in [2.45, 2.75) is 25.5 Å². The molecule has 0 saturated heterocycles. The van der Waals surface area contributed by atoms with Crippen LogP contribution in [0, 0.1) is 11.6 Å². The van der Waals surface area contributed by atoms with Crippen molar-refractivity contribution in [3.63, 3.8) is 0 Å². The van der Waals surface area contributed by atoms with Crippen molar-refractivity contribution in [2.75, 3.05) is 6.54 Å². The fraction of sp³-hybridized carbons (Fsp3) is 0.147. The summed E-state index contributed by atoms with van der Waals surface area (Å²) in [6.45, 7) is -0.421. The molecule has 9 nitrogen and oxygen atoms in total. The molecular weight excluding hydrogens is 618 g/mol. The van der Waals surface area contributed by atoms with E-state index in [0.29, 0.717) is 22.3 Å². The molecule has 1 aliphatic heterocycles. The van der Waals surface area contributed by atoms with Crippen LogP contribution in [-0.2, 0) is 24.2 Å². The Morgan fingerprint density at radius 1 is 0.913 bits per heavy atom. The number of ketones is 1. The highest BCUT2D eigenvalue weighted by molar-refractivity contribution is 6.30. The van der Waals surface area contributed by atoms with E-state index in [4.69, 9.17) is 11.6 Å². The summed E-state index contributed by atoms with van der Waals surface area (Å²) in [6, 6.07) is 18.9. The van der Waals surface area contributed by atoms with Crippen LogP contribution in [-0.4, -0.2) is 54.3 Å². The van der Waals surface area contributed by atoms with Crippen LogP contribution in [0.25, 0.3) is 16.8 Å². The Labute approximate surface area is 266 Å².